The summed E-state index contributed by atoms with van der Waals surface area (Å²) in [6, 6.07) is 11.9. The lowest BCUT2D eigenvalue weighted by Gasteiger charge is -2.34. The van der Waals surface area contributed by atoms with E-state index in [0.717, 1.165) is 29.3 Å². The lowest BCUT2D eigenvalue weighted by Crippen LogP contribution is -2.48. The number of ether oxygens (including phenoxy) is 2. The maximum Gasteiger partial charge on any atom is 0.246 e. The van der Waals surface area contributed by atoms with Crippen LogP contribution >= 0.6 is 11.3 Å². The van der Waals surface area contributed by atoms with Gasteiger partial charge in [-0.05, 0) is 42.3 Å². The molecule has 1 aromatic heterocycles. The third kappa shape index (κ3) is 4.11. The Morgan fingerprint density at radius 3 is 2.53 bits per heavy atom. The van der Waals surface area contributed by atoms with Gasteiger partial charge in [-0.25, -0.2) is 4.98 Å². The van der Waals surface area contributed by atoms with Crippen LogP contribution in [0.2, 0.25) is 0 Å². The van der Waals surface area contributed by atoms with Crippen molar-refractivity contribution in [2.45, 2.75) is 6.92 Å². The van der Waals surface area contributed by atoms with Gasteiger partial charge in [0.2, 0.25) is 5.91 Å². The predicted molar refractivity (Wildman–Crippen MR) is 122 cm³/mol. The average Bonchev–Trinajstić information content (AvgIpc) is 3.23. The van der Waals surface area contributed by atoms with E-state index in [1.165, 1.54) is 10.3 Å². The molecule has 1 amide bonds. The van der Waals surface area contributed by atoms with Crippen molar-refractivity contribution in [3.63, 3.8) is 0 Å². The molecule has 6 nitrogen and oxygen atoms in total. The molecule has 2 aromatic carbocycles. The van der Waals surface area contributed by atoms with Crippen molar-refractivity contribution in [2.24, 2.45) is 0 Å². The number of thiazole rings is 1. The van der Waals surface area contributed by atoms with Gasteiger partial charge in [0, 0.05) is 32.3 Å². The van der Waals surface area contributed by atoms with Crippen molar-refractivity contribution in [3.05, 3.63) is 53.6 Å². The zero-order chi connectivity index (χ0) is 21.1. The van der Waals surface area contributed by atoms with E-state index in [-0.39, 0.29) is 5.91 Å². The van der Waals surface area contributed by atoms with Crippen LogP contribution < -0.4 is 14.4 Å². The summed E-state index contributed by atoms with van der Waals surface area (Å²) >= 11 is 1.72. The molecule has 1 fully saturated rings. The Kier molecular flexibility index (Phi) is 5.90. The topological polar surface area (TPSA) is 54.9 Å². The molecule has 1 aliphatic rings. The molecule has 1 aliphatic heterocycles. The number of para-hydroxylation sites is 1. The zero-order valence-corrected chi connectivity index (χ0v) is 18.2. The summed E-state index contributed by atoms with van der Waals surface area (Å²) < 4.78 is 11.8. The van der Waals surface area contributed by atoms with E-state index in [4.69, 9.17) is 14.5 Å². The maximum atomic E-state index is 12.6. The lowest BCUT2D eigenvalue weighted by atomic mass is 10.2. The fraction of sp³-hybridized carbons (Fsp3) is 0.304. The van der Waals surface area contributed by atoms with Crippen LogP contribution in [0.3, 0.4) is 0 Å². The minimum atomic E-state index is 0.0181. The number of fused-ring (bicyclic) bond motifs is 1. The number of nitrogens with zero attached hydrogens (tertiary/aromatic N) is 3. The van der Waals surface area contributed by atoms with Crippen LogP contribution in [0.15, 0.2) is 42.5 Å². The first kappa shape index (κ1) is 20.2. The quantitative estimate of drug-likeness (QED) is 0.581. The standard InChI is InChI=1S/C23H25N3O3S/c1-16-5-4-6-20-22(16)24-23(30-20)26-13-11-25(12-14-26)21(27)10-8-17-7-9-18(28-2)19(15-17)29-3/h4-10,15H,11-14H2,1-3H3/b10-8-. The molecular formula is C23H25N3O3S. The molecule has 0 aliphatic carbocycles. The van der Waals surface area contributed by atoms with Crippen molar-refractivity contribution in [1.82, 2.24) is 9.88 Å². The molecule has 0 atom stereocenters. The molecule has 0 N–H and O–H groups in total. The number of amides is 1. The van der Waals surface area contributed by atoms with Crippen LogP contribution in [0.5, 0.6) is 11.5 Å². The van der Waals surface area contributed by atoms with Crippen molar-refractivity contribution in [1.29, 1.82) is 0 Å². The number of aryl methyl sites for hydroxylation is 1. The molecule has 7 heteroatoms. The fourth-order valence-corrected chi connectivity index (χ4v) is 4.65. The first-order valence-electron chi connectivity index (χ1n) is 9.89. The summed E-state index contributed by atoms with van der Waals surface area (Å²) in [6.45, 7) is 5.03. The molecule has 0 unspecified atom stereocenters. The largest absolute Gasteiger partial charge is 0.493 e. The van der Waals surface area contributed by atoms with Gasteiger partial charge in [-0.2, -0.15) is 0 Å². The van der Waals surface area contributed by atoms with E-state index >= 15 is 0 Å². The SMILES string of the molecule is COc1ccc(/C=C\C(=O)N2CCN(c3nc4c(C)cccc4s3)CC2)cc1OC. The van der Waals surface area contributed by atoms with Crippen LogP contribution in [-0.2, 0) is 4.79 Å². The van der Waals surface area contributed by atoms with Crippen molar-refractivity contribution in [3.8, 4) is 11.5 Å². The second-order valence-electron chi connectivity index (χ2n) is 7.18. The van der Waals surface area contributed by atoms with E-state index < -0.39 is 0 Å². The Balaban J connectivity index is 1.38. The normalized spacial score (nSPS) is 14.5. The van der Waals surface area contributed by atoms with Gasteiger partial charge in [-0.3, -0.25) is 4.79 Å². The van der Waals surface area contributed by atoms with E-state index in [2.05, 4.69) is 30.0 Å². The molecular weight excluding hydrogens is 398 g/mol. The van der Waals surface area contributed by atoms with Crippen LogP contribution in [0, 0.1) is 6.92 Å². The molecule has 1 saturated heterocycles. The fourth-order valence-electron chi connectivity index (χ4n) is 3.56. The first-order valence-corrected chi connectivity index (χ1v) is 10.7. The third-order valence-corrected chi connectivity index (χ3v) is 6.38. The summed E-state index contributed by atoms with van der Waals surface area (Å²) in [6.07, 6.45) is 3.44. The third-order valence-electron chi connectivity index (χ3n) is 5.30. The highest BCUT2D eigenvalue weighted by atomic mass is 32.1. The molecule has 4 rings (SSSR count). The molecule has 3 aromatic rings. The number of piperazine rings is 1. The predicted octanol–water partition coefficient (Wildman–Crippen LogP) is 3.98. The Morgan fingerprint density at radius 1 is 1.07 bits per heavy atom. The first-order chi connectivity index (χ1) is 14.6. The van der Waals surface area contributed by atoms with Gasteiger partial charge in [0.05, 0.1) is 24.4 Å². The molecule has 2 heterocycles. The van der Waals surface area contributed by atoms with Gasteiger partial charge in [0.1, 0.15) is 0 Å². The van der Waals surface area contributed by atoms with Gasteiger partial charge < -0.3 is 19.3 Å². The van der Waals surface area contributed by atoms with Gasteiger partial charge in [-0.15, -0.1) is 0 Å². The van der Waals surface area contributed by atoms with E-state index in [0.29, 0.717) is 24.6 Å². The summed E-state index contributed by atoms with van der Waals surface area (Å²) in [5.74, 6) is 1.33. The Morgan fingerprint density at radius 2 is 1.83 bits per heavy atom. The van der Waals surface area contributed by atoms with Crippen LogP contribution in [0.25, 0.3) is 16.3 Å². The van der Waals surface area contributed by atoms with E-state index in [1.807, 2.05) is 29.2 Å². The molecule has 0 bridgehead atoms. The molecule has 0 saturated carbocycles. The zero-order valence-electron chi connectivity index (χ0n) is 17.4. The highest BCUT2D eigenvalue weighted by Gasteiger charge is 2.22. The Hall–Kier alpha value is -3.06. The highest BCUT2D eigenvalue weighted by molar-refractivity contribution is 7.22. The van der Waals surface area contributed by atoms with E-state index in [9.17, 15) is 4.79 Å². The molecule has 0 spiro atoms. The maximum absolute atomic E-state index is 12.6. The van der Waals surface area contributed by atoms with Crippen molar-refractivity contribution in [2.75, 3.05) is 45.3 Å². The van der Waals surface area contributed by atoms with Crippen molar-refractivity contribution < 1.29 is 14.3 Å². The lowest BCUT2D eigenvalue weighted by molar-refractivity contribution is -0.126. The summed E-state index contributed by atoms with van der Waals surface area (Å²) in [7, 11) is 3.20. The second-order valence-corrected chi connectivity index (χ2v) is 8.19. The van der Waals surface area contributed by atoms with Crippen LogP contribution in [0.1, 0.15) is 11.1 Å². The minimum Gasteiger partial charge on any atom is -0.493 e. The van der Waals surface area contributed by atoms with Crippen LogP contribution in [-0.4, -0.2) is 56.2 Å². The number of benzene rings is 2. The number of aromatic nitrogens is 1. The smallest absolute Gasteiger partial charge is 0.246 e. The number of hydrogen-bond donors (Lipinski definition) is 0. The molecule has 0 radical (unpaired) electrons. The number of rotatable bonds is 5. The second kappa shape index (κ2) is 8.75. The summed E-state index contributed by atoms with van der Waals surface area (Å²) in [4.78, 5) is 21.6. The molecule has 30 heavy (non-hydrogen) atoms. The van der Waals surface area contributed by atoms with Crippen LogP contribution in [0.4, 0.5) is 5.13 Å². The Bertz CT molecular complexity index is 1080. The van der Waals surface area contributed by atoms with Crippen molar-refractivity contribution >= 4 is 38.7 Å². The highest BCUT2D eigenvalue weighted by Crippen LogP contribution is 2.31. The Labute approximate surface area is 180 Å². The van der Waals surface area contributed by atoms with Gasteiger partial charge in [-0.1, -0.05) is 29.5 Å². The van der Waals surface area contributed by atoms with E-state index in [1.54, 1.807) is 31.6 Å². The van der Waals surface area contributed by atoms with Gasteiger partial charge in [0.25, 0.3) is 0 Å². The average molecular weight is 424 g/mol. The number of methoxy groups -OCH3 is 2. The number of carbonyl (C=O) groups excluding carboxylic acids is 1. The minimum absolute atomic E-state index is 0.0181. The van der Waals surface area contributed by atoms with Gasteiger partial charge >= 0.3 is 0 Å². The number of hydrogen-bond acceptors (Lipinski definition) is 6. The number of carbonyl (C=O) groups is 1. The molecule has 156 valence electrons. The summed E-state index contributed by atoms with van der Waals surface area (Å²) in [5.41, 5.74) is 3.17. The number of anilines is 1. The summed E-state index contributed by atoms with van der Waals surface area (Å²) in [5, 5.41) is 1.03. The monoisotopic (exact) mass is 423 g/mol. The van der Waals surface area contributed by atoms with Gasteiger partial charge in [0.15, 0.2) is 16.6 Å².